The molecule has 0 unspecified atom stereocenters. The molecular formula is C14H24N6O. The molecule has 1 aromatic rings. The van der Waals surface area contributed by atoms with E-state index in [1.54, 1.807) is 0 Å². The monoisotopic (exact) mass is 292 g/mol. The topological polar surface area (TPSA) is 81.8 Å². The van der Waals surface area contributed by atoms with Crippen LogP contribution in [0.1, 0.15) is 12.8 Å². The summed E-state index contributed by atoms with van der Waals surface area (Å²) in [5, 5.41) is 9.61. The Morgan fingerprint density at radius 1 is 1.00 bits per heavy atom. The lowest BCUT2D eigenvalue weighted by molar-refractivity contribution is 0.145. The van der Waals surface area contributed by atoms with E-state index in [2.05, 4.69) is 31.7 Å². The Morgan fingerprint density at radius 3 is 2.10 bits per heavy atom. The van der Waals surface area contributed by atoms with E-state index in [0.29, 0.717) is 5.95 Å². The molecule has 7 heteroatoms. The minimum atomic E-state index is -0.183. The molecule has 3 rings (SSSR count). The second kappa shape index (κ2) is 6.03. The van der Waals surface area contributed by atoms with Gasteiger partial charge in [0.15, 0.2) is 0 Å². The van der Waals surface area contributed by atoms with E-state index < -0.39 is 0 Å². The number of rotatable bonds is 2. The predicted molar refractivity (Wildman–Crippen MR) is 83.6 cm³/mol. The zero-order chi connectivity index (χ0) is 14.8. The highest BCUT2D eigenvalue weighted by atomic mass is 16.3. The third kappa shape index (κ3) is 3.36. The van der Waals surface area contributed by atoms with Crippen LogP contribution in [0, 0.1) is 0 Å². The molecule has 2 saturated heterocycles. The van der Waals surface area contributed by atoms with Crippen LogP contribution in [0.3, 0.4) is 0 Å². The normalized spacial score (nSPS) is 21.8. The van der Waals surface area contributed by atoms with Crippen molar-refractivity contribution < 1.29 is 5.11 Å². The molecule has 21 heavy (non-hydrogen) atoms. The summed E-state index contributed by atoms with van der Waals surface area (Å²) in [5.41, 5.74) is 5.89. The van der Waals surface area contributed by atoms with Crippen molar-refractivity contribution in [3.05, 3.63) is 6.07 Å². The van der Waals surface area contributed by atoms with Gasteiger partial charge in [0.1, 0.15) is 11.6 Å². The highest BCUT2D eigenvalue weighted by molar-refractivity contribution is 5.54. The molecule has 116 valence electrons. The van der Waals surface area contributed by atoms with Crippen LogP contribution in [0.15, 0.2) is 6.07 Å². The van der Waals surface area contributed by atoms with E-state index in [1.807, 2.05) is 6.07 Å². The van der Waals surface area contributed by atoms with Gasteiger partial charge in [-0.15, -0.1) is 0 Å². The van der Waals surface area contributed by atoms with Crippen molar-refractivity contribution in [3.8, 4) is 0 Å². The lowest BCUT2D eigenvalue weighted by Crippen LogP contribution is -2.45. The molecule has 0 radical (unpaired) electrons. The molecule has 0 saturated carbocycles. The average molecular weight is 292 g/mol. The molecule has 2 aliphatic rings. The van der Waals surface area contributed by atoms with Crippen LogP contribution in [0.2, 0.25) is 0 Å². The maximum absolute atomic E-state index is 9.61. The highest BCUT2D eigenvalue weighted by Gasteiger charge is 2.21. The minimum absolute atomic E-state index is 0.183. The molecule has 1 aromatic heterocycles. The number of piperidine rings is 1. The van der Waals surface area contributed by atoms with Gasteiger partial charge in [0.05, 0.1) is 6.10 Å². The van der Waals surface area contributed by atoms with Crippen molar-refractivity contribution in [3.63, 3.8) is 0 Å². The van der Waals surface area contributed by atoms with Crippen molar-refractivity contribution in [2.45, 2.75) is 18.9 Å². The average Bonchev–Trinajstić information content (AvgIpc) is 2.48. The van der Waals surface area contributed by atoms with Crippen LogP contribution in [0.5, 0.6) is 0 Å². The van der Waals surface area contributed by atoms with Crippen molar-refractivity contribution in [2.24, 2.45) is 0 Å². The second-order valence-corrected chi connectivity index (χ2v) is 5.95. The SMILES string of the molecule is CN1CCN(c2cc(N3CCC(O)CC3)nc(N)n2)CC1. The standard InChI is InChI=1S/C14H24N6O/c1-18-6-8-20(9-7-18)13-10-12(16-14(15)17-13)19-4-2-11(21)3-5-19/h10-11,21H,2-9H2,1H3,(H2,15,16,17). The predicted octanol–water partition coefficient (Wildman–Crippen LogP) is -0.228. The zero-order valence-corrected chi connectivity index (χ0v) is 12.6. The fourth-order valence-electron chi connectivity index (χ4n) is 2.89. The minimum Gasteiger partial charge on any atom is -0.393 e. The number of nitrogens with two attached hydrogens (primary N) is 1. The van der Waals surface area contributed by atoms with Crippen LogP contribution >= 0.6 is 0 Å². The summed E-state index contributed by atoms with van der Waals surface area (Å²) < 4.78 is 0. The fraction of sp³-hybridized carbons (Fsp3) is 0.714. The summed E-state index contributed by atoms with van der Waals surface area (Å²) in [6, 6.07) is 2.03. The van der Waals surface area contributed by atoms with Gasteiger partial charge in [-0.25, -0.2) is 0 Å². The van der Waals surface area contributed by atoms with Gasteiger partial charge < -0.3 is 25.5 Å². The molecule has 0 atom stereocenters. The van der Waals surface area contributed by atoms with Crippen LogP contribution in [0.25, 0.3) is 0 Å². The van der Waals surface area contributed by atoms with Gasteiger partial charge in [-0.2, -0.15) is 9.97 Å². The summed E-state index contributed by atoms with van der Waals surface area (Å²) in [5.74, 6) is 2.12. The maximum Gasteiger partial charge on any atom is 0.223 e. The van der Waals surface area contributed by atoms with Gasteiger partial charge in [-0.3, -0.25) is 0 Å². The molecule has 2 aliphatic heterocycles. The number of aromatic nitrogens is 2. The summed E-state index contributed by atoms with van der Waals surface area (Å²) in [4.78, 5) is 15.5. The van der Waals surface area contributed by atoms with Crippen LogP contribution in [-0.2, 0) is 0 Å². The first kappa shape index (κ1) is 14.3. The Bertz CT molecular complexity index is 440. The van der Waals surface area contributed by atoms with Crippen molar-refractivity contribution in [1.29, 1.82) is 0 Å². The van der Waals surface area contributed by atoms with Gasteiger partial charge in [0.2, 0.25) is 5.95 Å². The molecule has 0 amide bonds. The summed E-state index contributed by atoms with van der Waals surface area (Å²) in [7, 11) is 2.14. The molecule has 7 nitrogen and oxygen atoms in total. The van der Waals surface area contributed by atoms with Gasteiger partial charge in [-0.1, -0.05) is 0 Å². The molecular weight excluding hydrogens is 268 g/mol. The van der Waals surface area contributed by atoms with Crippen LogP contribution in [0.4, 0.5) is 17.6 Å². The van der Waals surface area contributed by atoms with E-state index in [4.69, 9.17) is 5.73 Å². The fourth-order valence-corrected chi connectivity index (χ4v) is 2.89. The van der Waals surface area contributed by atoms with E-state index in [0.717, 1.165) is 63.7 Å². The first-order valence-electron chi connectivity index (χ1n) is 7.63. The van der Waals surface area contributed by atoms with Crippen LogP contribution in [-0.4, -0.2) is 72.4 Å². The number of nitrogens with zero attached hydrogens (tertiary/aromatic N) is 5. The second-order valence-electron chi connectivity index (χ2n) is 5.95. The third-order valence-corrected chi connectivity index (χ3v) is 4.33. The number of hydrogen-bond donors (Lipinski definition) is 2. The molecule has 0 aliphatic carbocycles. The number of hydrogen-bond acceptors (Lipinski definition) is 7. The Morgan fingerprint density at radius 2 is 1.52 bits per heavy atom. The lowest BCUT2D eigenvalue weighted by atomic mass is 10.1. The first-order chi connectivity index (χ1) is 10.1. The van der Waals surface area contributed by atoms with E-state index in [-0.39, 0.29) is 6.10 Å². The Balaban J connectivity index is 1.76. The van der Waals surface area contributed by atoms with Crippen molar-refractivity contribution >= 4 is 17.6 Å². The van der Waals surface area contributed by atoms with E-state index >= 15 is 0 Å². The van der Waals surface area contributed by atoms with Gasteiger partial charge >= 0.3 is 0 Å². The molecule has 3 N–H and O–H groups in total. The number of aliphatic hydroxyl groups is 1. The smallest absolute Gasteiger partial charge is 0.223 e. The van der Waals surface area contributed by atoms with Gasteiger partial charge in [0, 0.05) is 45.3 Å². The van der Waals surface area contributed by atoms with Crippen LogP contribution < -0.4 is 15.5 Å². The quantitative estimate of drug-likeness (QED) is 0.779. The molecule has 0 aromatic carbocycles. The number of nitrogen functional groups attached to an aromatic ring is 1. The Kier molecular flexibility index (Phi) is 4.12. The highest BCUT2D eigenvalue weighted by Crippen LogP contribution is 2.23. The molecule has 3 heterocycles. The number of piperazine rings is 1. The first-order valence-corrected chi connectivity index (χ1v) is 7.63. The zero-order valence-electron chi connectivity index (χ0n) is 12.6. The molecule has 0 bridgehead atoms. The van der Waals surface area contributed by atoms with Gasteiger partial charge in [-0.05, 0) is 19.9 Å². The molecule has 0 spiro atoms. The van der Waals surface area contributed by atoms with E-state index in [1.165, 1.54) is 0 Å². The van der Waals surface area contributed by atoms with Gasteiger partial charge in [0.25, 0.3) is 0 Å². The van der Waals surface area contributed by atoms with Crippen molar-refractivity contribution in [1.82, 2.24) is 14.9 Å². The molecule has 2 fully saturated rings. The Hall–Kier alpha value is -1.60. The summed E-state index contributed by atoms with van der Waals surface area (Å²) >= 11 is 0. The van der Waals surface area contributed by atoms with Crippen molar-refractivity contribution in [2.75, 3.05) is 61.8 Å². The Labute approximate surface area is 125 Å². The maximum atomic E-state index is 9.61. The number of aliphatic hydroxyl groups excluding tert-OH is 1. The largest absolute Gasteiger partial charge is 0.393 e. The summed E-state index contributed by atoms with van der Waals surface area (Å²) in [6.45, 7) is 5.64. The third-order valence-electron chi connectivity index (χ3n) is 4.33. The number of anilines is 3. The number of likely N-dealkylation sites (N-methyl/N-ethyl adjacent to an activating group) is 1. The van der Waals surface area contributed by atoms with E-state index in [9.17, 15) is 5.11 Å². The summed E-state index contributed by atoms with van der Waals surface area (Å²) in [6.07, 6.45) is 1.39. The lowest BCUT2D eigenvalue weighted by Gasteiger charge is -2.34.